The predicted molar refractivity (Wildman–Crippen MR) is 124 cm³/mol. The predicted octanol–water partition coefficient (Wildman–Crippen LogP) is 5.01. The van der Waals surface area contributed by atoms with Crippen molar-refractivity contribution in [2.75, 3.05) is 6.61 Å². The lowest BCUT2D eigenvalue weighted by Crippen LogP contribution is -2.42. The minimum Gasteiger partial charge on any atom is -0.457 e. The molecule has 0 N–H and O–H groups in total. The number of carbonyl (C=O) groups excluding carboxylic acids is 1. The van der Waals surface area contributed by atoms with Crippen LogP contribution in [0.4, 0.5) is 0 Å². The molecule has 3 atom stereocenters. The van der Waals surface area contributed by atoms with Crippen LogP contribution in [0.1, 0.15) is 31.9 Å². The Morgan fingerprint density at radius 3 is 2.12 bits per heavy atom. The minimum atomic E-state index is -0.599. The van der Waals surface area contributed by atoms with Crippen LogP contribution < -0.4 is 0 Å². The Bertz CT molecular complexity index is 899. The fourth-order valence-corrected chi connectivity index (χ4v) is 3.23. The third-order valence-electron chi connectivity index (χ3n) is 4.85. The van der Waals surface area contributed by atoms with Crippen molar-refractivity contribution in [3.05, 3.63) is 96.1 Å². The van der Waals surface area contributed by atoms with Crippen molar-refractivity contribution >= 4 is 5.97 Å². The summed E-state index contributed by atoms with van der Waals surface area (Å²) < 4.78 is 23.7. The van der Waals surface area contributed by atoms with Gasteiger partial charge < -0.3 is 18.9 Å². The highest BCUT2D eigenvalue weighted by Gasteiger charge is 2.32. The van der Waals surface area contributed by atoms with Crippen LogP contribution in [0, 0.1) is 0 Å². The zero-order valence-electron chi connectivity index (χ0n) is 19.0. The quantitative estimate of drug-likeness (QED) is 0.314. The van der Waals surface area contributed by atoms with Crippen molar-refractivity contribution < 1.29 is 23.7 Å². The standard InChI is InChI=1S/C27H32O5/c1-20(26(28)32-27(2,3)4)23-15-16-24(30-18-22-13-9-6-10-14-22)25(31-23)19-29-17-21-11-7-5-8-12-21/h5-16,23-25H,1,17-19H2,2-4H3/t23-,24+,25-/m1/s1. The van der Waals surface area contributed by atoms with E-state index in [0.717, 1.165) is 11.1 Å². The van der Waals surface area contributed by atoms with Gasteiger partial charge in [0, 0.05) is 0 Å². The Labute approximate surface area is 190 Å². The van der Waals surface area contributed by atoms with Crippen molar-refractivity contribution in [2.24, 2.45) is 0 Å². The molecule has 0 spiro atoms. The second kappa shape index (κ2) is 11.2. The lowest BCUT2D eigenvalue weighted by atomic mass is 10.0. The number of ether oxygens (including phenoxy) is 4. The number of esters is 1. The molecule has 5 heteroatoms. The molecule has 0 fully saturated rings. The Kier molecular flexibility index (Phi) is 8.39. The molecule has 1 heterocycles. The smallest absolute Gasteiger partial charge is 0.336 e. The molecule has 1 aliphatic heterocycles. The molecule has 3 rings (SSSR count). The summed E-state index contributed by atoms with van der Waals surface area (Å²) in [7, 11) is 0. The lowest BCUT2D eigenvalue weighted by Gasteiger charge is -2.33. The Morgan fingerprint density at radius 1 is 0.938 bits per heavy atom. The summed E-state index contributed by atoms with van der Waals surface area (Å²) in [4.78, 5) is 12.5. The van der Waals surface area contributed by atoms with Gasteiger partial charge in [0.05, 0.1) is 25.4 Å². The maximum absolute atomic E-state index is 12.5. The molecule has 0 aromatic heterocycles. The van der Waals surface area contributed by atoms with Crippen LogP contribution in [-0.2, 0) is 37.0 Å². The van der Waals surface area contributed by atoms with E-state index in [-0.39, 0.29) is 11.7 Å². The molecule has 0 saturated carbocycles. The van der Waals surface area contributed by atoms with Gasteiger partial charge in [-0.1, -0.05) is 79.4 Å². The van der Waals surface area contributed by atoms with Crippen molar-refractivity contribution in [3.63, 3.8) is 0 Å². The summed E-state index contributed by atoms with van der Waals surface area (Å²) >= 11 is 0. The van der Waals surface area contributed by atoms with Crippen molar-refractivity contribution in [1.29, 1.82) is 0 Å². The van der Waals surface area contributed by atoms with Gasteiger partial charge in [0.2, 0.25) is 0 Å². The number of hydrogen-bond acceptors (Lipinski definition) is 5. The minimum absolute atomic E-state index is 0.255. The second-order valence-corrected chi connectivity index (χ2v) is 8.77. The molecular weight excluding hydrogens is 404 g/mol. The molecule has 32 heavy (non-hydrogen) atoms. The molecule has 0 unspecified atom stereocenters. The monoisotopic (exact) mass is 436 g/mol. The lowest BCUT2D eigenvalue weighted by molar-refractivity contribution is -0.153. The van der Waals surface area contributed by atoms with Gasteiger partial charge in [0.1, 0.15) is 23.9 Å². The maximum Gasteiger partial charge on any atom is 0.336 e. The van der Waals surface area contributed by atoms with Gasteiger partial charge in [-0.3, -0.25) is 0 Å². The summed E-state index contributed by atoms with van der Waals surface area (Å²) in [5.41, 5.74) is 1.81. The van der Waals surface area contributed by atoms with Crippen molar-refractivity contribution in [2.45, 2.75) is 57.9 Å². The number of rotatable bonds is 9. The maximum atomic E-state index is 12.5. The van der Waals surface area contributed by atoms with Gasteiger partial charge in [-0.15, -0.1) is 0 Å². The number of carbonyl (C=O) groups is 1. The van der Waals surface area contributed by atoms with Crippen LogP contribution in [0.5, 0.6) is 0 Å². The van der Waals surface area contributed by atoms with Crippen LogP contribution in [0.2, 0.25) is 0 Å². The first-order valence-corrected chi connectivity index (χ1v) is 10.8. The molecule has 0 amide bonds. The molecule has 170 valence electrons. The van der Waals surface area contributed by atoms with Gasteiger partial charge in [0.25, 0.3) is 0 Å². The molecular formula is C27H32O5. The average Bonchev–Trinajstić information content (AvgIpc) is 2.78. The average molecular weight is 437 g/mol. The van der Waals surface area contributed by atoms with Crippen LogP contribution in [0.25, 0.3) is 0 Å². The van der Waals surface area contributed by atoms with E-state index in [4.69, 9.17) is 18.9 Å². The SMILES string of the molecule is C=C(C(=O)OC(C)(C)C)[C@H]1C=C[C@H](OCc2ccccc2)[C@@H](COCc2ccccc2)O1. The first kappa shape index (κ1) is 23.9. The van der Waals surface area contributed by atoms with E-state index in [2.05, 4.69) is 6.58 Å². The van der Waals surface area contributed by atoms with E-state index in [1.54, 1.807) is 6.08 Å². The number of hydrogen-bond donors (Lipinski definition) is 0. The highest BCUT2D eigenvalue weighted by atomic mass is 16.6. The first-order valence-electron chi connectivity index (χ1n) is 10.8. The third kappa shape index (κ3) is 7.45. The second-order valence-electron chi connectivity index (χ2n) is 8.77. The zero-order valence-corrected chi connectivity index (χ0v) is 19.0. The highest BCUT2D eigenvalue weighted by molar-refractivity contribution is 5.89. The summed E-state index contributed by atoms with van der Waals surface area (Å²) in [5, 5.41) is 0. The molecule has 2 aromatic rings. The first-order chi connectivity index (χ1) is 15.3. The third-order valence-corrected chi connectivity index (χ3v) is 4.85. The molecule has 0 aliphatic carbocycles. The summed E-state index contributed by atoms with van der Waals surface area (Å²) in [6.45, 7) is 10.6. The highest BCUT2D eigenvalue weighted by Crippen LogP contribution is 2.24. The Hall–Kier alpha value is -2.73. The van der Waals surface area contributed by atoms with Gasteiger partial charge in [-0.25, -0.2) is 4.79 Å². The summed E-state index contributed by atoms with van der Waals surface area (Å²) in [6, 6.07) is 19.9. The largest absolute Gasteiger partial charge is 0.457 e. The van der Waals surface area contributed by atoms with Crippen LogP contribution in [0.3, 0.4) is 0 Å². The van der Waals surface area contributed by atoms with E-state index < -0.39 is 23.8 Å². The van der Waals surface area contributed by atoms with Crippen LogP contribution >= 0.6 is 0 Å². The molecule has 0 radical (unpaired) electrons. The van der Waals surface area contributed by atoms with Crippen LogP contribution in [0.15, 0.2) is 85.0 Å². The van der Waals surface area contributed by atoms with E-state index in [1.807, 2.05) is 87.5 Å². The zero-order chi connectivity index (χ0) is 23.0. The van der Waals surface area contributed by atoms with Gasteiger partial charge >= 0.3 is 5.97 Å². The van der Waals surface area contributed by atoms with Gasteiger partial charge in [0.15, 0.2) is 0 Å². The molecule has 2 aromatic carbocycles. The normalized spacial score (nSPS) is 20.7. The Balaban J connectivity index is 1.65. The van der Waals surface area contributed by atoms with Gasteiger partial charge in [-0.2, -0.15) is 0 Å². The summed E-state index contributed by atoms with van der Waals surface area (Å²) in [5.74, 6) is -0.472. The topological polar surface area (TPSA) is 54.0 Å². The Morgan fingerprint density at radius 2 is 1.53 bits per heavy atom. The molecule has 1 aliphatic rings. The molecule has 5 nitrogen and oxygen atoms in total. The molecule has 0 bridgehead atoms. The van der Waals surface area contributed by atoms with E-state index in [9.17, 15) is 4.79 Å². The molecule has 0 saturated heterocycles. The van der Waals surface area contributed by atoms with Crippen molar-refractivity contribution in [1.82, 2.24) is 0 Å². The van der Waals surface area contributed by atoms with E-state index >= 15 is 0 Å². The van der Waals surface area contributed by atoms with Gasteiger partial charge in [-0.05, 0) is 31.9 Å². The fourth-order valence-electron chi connectivity index (χ4n) is 3.23. The van der Waals surface area contributed by atoms with Crippen LogP contribution in [-0.4, -0.2) is 36.5 Å². The van der Waals surface area contributed by atoms with E-state index in [0.29, 0.717) is 19.8 Å². The number of benzene rings is 2. The van der Waals surface area contributed by atoms with Crippen molar-refractivity contribution in [3.8, 4) is 0 Å². The summed E-state index contributed by atoms with van der Waals surface area (Å²) in [6.07, 6.45) is 2.43. The van der Waals surface area contributed by atoms with E-state index in [1.165, 1.54) is 0 Å². The fraction of sp³-hybridized carbons (Fsp3) is 0.370.